The monoisotopic (exact) mass is 203 g/mol. The molecule has 0 unspecified atom stereocenters. The molecule has 78 valence electrons. The Morgan fingerprint density at radius 3 is 3.13 bits per heavy atom. The van der Waals surface area contributed by atoms with E-state index in [1.165, 1.54) is 0 Å². The van der Waals surface area contributed by atoms with E-state index in [0.29, 0.717) is 0 Å². The van der Waals surface area contributed by atoms with Crippen molar-refractivity contribution in [3.8, 4) is 0 Å². The van der Waals surface area contributed by atoms with Crippen molar-refractivity contribution in [3.05, 3.63) is 42.2 Å². The maximum Gasteiger partial charge on any atom is 0.147 e. The highest BCUT2D eigenvalue weighted by Crippen LogP contribution is 2.02. The van der Waals surface area contributed by atoms with Crippen molar-refractivity contribution in [1.82, 2.24) is 25.1 Å². The van der Waals surface area contributed by atoms with Gasteiger partial charge in [-0.1, -0.05) is 6.07 Å². The fourth-order valence-corrected chi connectivity index (χ4v) is 1.39. The molecular formula is C10H13N5. The van der Waals surface area contributed by atoms with E-state index in [0.717, 1.165) is 24.5 Å². The molecule has 0 saturated heterocycles. The average Bonchev–Trinajstić information content (AvgIpc) is 2.68. The molecule has 2 aromatic heterocycles. The van der Waals surface area contributed by atoms with Gasteiger partial charge in [0.05, 0.1) is 13.1 Å². The molecule has 5 heteroatoms. The first-order chi connectivity index (χ1) is 7.40. The second-order valence-corrected chi connectivity index (χ2v) is 3.27. The van der Waals surface area contributed by atoms with Gasteiger partial charge in [0.15, 0.2) is 0 Å². The first-order valence-corrected chi connectivity index (χ1v) is 4.80. The molecule has 0 amide bonds. The summed E-state index contributed by atoms with van der Waals surface area (Å²) in [7, 11) is 1.89. The quantitative estimate of drug-likeness (QED) is 0.783. The topological polar surface area (TPSA) is 55.6 Å². The summed E-state index contributed by atoms with van der Waals surface area (Å²) >= 11 is 0. The van der Waals surface area contributed by atoms with Gasteiger partial charge in [-0.2, -0.15) is 0 Å². The summed E-state index contributed by atoms with van der Waals surface area (Å²) in [6, 6.07) is 3.97. The molecule has 0 aliphatic rings. The highest BCUT2D eigenvalue weighted by Gasteiger charge is 2.03. The van der Waals surface area contributed by atoms with Crippen LogP contribution in [-0.2, 0) is 13.1 Å². The predicted molar refractivity (Wildman–Crippen MR) is 56.1 cm³/mol. The fourth-order valence-electron chi connectivity index (χ4n) is 1.39. The van der Waals surface area contributed by atoms with E-state index in [1.54, 1.807) is 12.5 Å². The molecule has 2 rings (SSSR count). The summed E-state index contributed by atoms with van der Waals surface area (Å²) in [5.41, 5.74) is 1.15. The Kier molecular flexibility index (Phi) is 3.04. The van der Waals surface area contributed by atoms with Gasteiger partial charge in [0, 0.05) is 12.4 Å². The number of aromatic nitrogens is 4. The van der Waals surface area contributed by atoms with Crippen molar-refractivity contribution in [2.75, 3.05) is 7.05 Å². The minimum atomic E-state index is 0.722. The Bertz CT molecular complexity index is 409. The second kappa shape index (κ2) is 4.65. The molecular weight excluding hydrogens is 190 g/mol. The molecule has 0 aliphatic carbocycles. The first kappa shape index (κ1) is 9.79. The summed E-state index contributed by atoms with van der Waals surface area (Å²) in [5.74, 6) is 0.932. The lowest BCUT2D eigenvalue weighted by atomic mass is 10.3. The van der Waals surface area contributed by atoms with Crippen molar-refractivity contribution in [2.45, 2.75) is 13.1 Å². The highest BCUT2D eigenvalue weighted by molar-refractivity contribution is 5.09. The molecule has 0 spiro atoms. The van der Waals surface area contributed by atoms with Crippen molar-refractivity contribution in [3.63, 3.8) is 0 Å². The van der Waals surface area contributed by atoms with Crippen LogP contribution in [0.25, 0.3) is 0 Å². The standard InChI is InChI=1S/C10H13N5/c1-11-6-10-14-13-8-15(10)7-9-3-2-4-12-5-9/h2-5,8,11H,6-7H2,1H3. The molecule has 0 fully saturated rings. The van der Waals surface area contributed by atoms with Crippen LogP contribution < -0.4 is 5.32 Å². The van der Waals surface area contributed by atoms with Crippen molar-refractivity contribution in [2.24, 2.45) is 0 Å². The summed E-state index contributed by atoms with van der Waals surface area (Å²) in [6.45, 7) is 1.48. The van der Waals surface area contributed by atoms with Gasteiger partial charge in [-0.15, -0.1) is 10.2 Å². The van der Waals surface area contributed by atoms with Crippen molar-refractivity contribution in [1.29, 1.82) is 0 Å². The minimum Gasteiger partial charge on any atom is -0.313 e. The third-order valence-electron chi connectivity index (χ3n) is 2.11. The zero-order valence-electron chi connectivity index (χ0n) is 8.59. The molecule has 0 aliphatic heterocycles. The second-order valence-electron chi connectivity index (χ2n) is 3.27. The molecule has 0 saturated carbocycles. The molecule has 2 heterocycles. The zero-order chi connectivity index (χ0) is 10.5. The largest absolute Gasteiger partial charge is 0.313 e. The van der Waals surface area contributed by atoms with Gasteiger partial charge in [-0.25, -0.2) is 0 Å². The SMILES string of the molecule is CNCc1nncn1Cc1cccnc1. The van der Waals surface area contributed by atoms with Crippen LogP contribution in [0.4, 0.5) is 0 Å². The van der Waals surface area contributed by atoms with Gasteiger partial charge in [-0.3, -0.25) is 4.98 Å². The lowest BCUT2D eigenvalue weighted by Crippen LogP contribution is -2.12. The summed E-state index contributed by atoms with van der Waals surface area (Å²) in [4.78, 5) is 4.07. The highest BCUT2D eigenvalue weighted by atomic mass is 15.3. The van der Waals surface area contributed by atoms with E-state index in [1.807, 2.05) is 29.9 Å². The Morgan fingerprint density at radius 1 is 1.47 bits per heavy atom. The van der Waals surface area contributed by atoms with E-state index in [2.05, 4.69) is 20.5 Å². The van der Waals surface area contributed by atoms with E-state index >= 15 is 0 Å². The zero-order valence-corrected chi connectivity index (χ0v) is 8.59. The normalized spacial score (nSPS) is 10.5. The minimum absolute atomic E-state index is 0.722. The van der Waals surface area contributed by atoms with Gasteiger partial charge in [0.2, 0.25) is 0 Å². The lowest BCUT2D eigenvalue weighted by molar-refractivity contribution is 0.671. The van der Waals surface area contributed by atoms with Gasteiger partial charge < -0.3 is 9.88 Å². The molecule has 5 nitrogen and oxygen atoms in total. The molecule has 2 aromatic rings. The van der Waals surface area contributed by atoms with Crippen LogP contribution in [0.1, 0.15) is 11.4 Å². The van der Waals surface area contributed by atoms with Crippen LogP contribution in [0.5, 0.6) is 0 Å². The van der Waals surface area contributed by atoms with Crippen LogP contribution in [0.15, 0.2) is 30.9 Å². The van der Waals surface area contributed by atoms with Gasteiger partial charge in [0.1, 0.15) is 12.2 Å². The number of nitrogens with one attached hydrogen (secondary N) is 1. The molecule has 0 atom stereocenters. The molecule has 0 aromatic carbocycles. The van der Waals surface area contributed by atoms with E-state index in [4.69, 9.17) is 0 Å². The molecule has 0 bridgehead atoms. The molecule has 1 N–H and O–H groups in total. The molecule has 0 radical (unpaired) electrons. The van der Waals surface area contributed by atoms with E-state index < -0.39 is 0 Å². The summed E-state index contributed by atoms with van der Waals surface area (Å²) in [6.07, 6.45) is 5.35. The number of pyridine rings is 1. The first-order valence-electron chi connectivity index (χ1n) is 4.80. The number of rotatable bonds is 4. The van der Waals surface area contributed by atoms with Crippen LogP contribution in [0, 0.1) is 0 Å². The Morgan fingerprint density at radius 2 is 2.40 bits per heavy atom. The van der Waals surface area contributed by atoms with Crippen molar-refractivity contribution >= 4 is 0 Å². The number of hydrogen-bond donors (Lipinski definition) is 1. The van der Waals surface area contributed by atoms with E-state index in [9.17, 15) is 0 Å². The van der Waals surface area contributed by atoms with E-state index in [-0.39, 0.29) is 0 Å². The fraction of sp³-hybridized carbons (Fsp3) is 0.300. The average molecular weight is 203 g/mol. The van der Waals surface area contributed by atoms with Gasteiger partial charge >= 0.3 is 0 Å². The van der Waals surface area contributed by atoms with Crippen LogP contribution in [0.2, 0.25) is 0 Å². The van der Waals surface area contributed by atoms with Gasteiger partial charge in [0.25, 0.3) is 0 Å². The third-order valence-corrected chi connectivity index (χ3v) is 2.11. The lowest BCUT2D eigenvalue weighted by Gasteiger charge is -2.05. The Balaban J connectivity index is 2.14. The number of hydrogen-bond acceptors (Lipinski definition) is 4. The molecule has 15 heavy (non-hydrogen) atoms. The summed E-state index contributed by atoms with van der Waals surface area (Å²) in [5, 5.41) is 11.0. The Hall–Kier alpha value is -1.75. The van der Waals surface area contributed by atoms with Crippen molar-refractivity contribution < 1.29 is 0 Å². The van der Waals surface area contributed by atoms with Crippen LogP contribution in [-0.4, -0.2) is 26.8 Å². The summed E-state index contributed by atoms with van der Waals surface area (Å²) < 4.78 is 2.01. The number of nitrogens with zero attached hydrogens (tertiary/aromatic N) is 4. The third kappa shape index (κ3) is 2.38. The maximum atomic E-state index is 4.07. The van der Waals surface area contributed by atoms with Crippen LogP contribution >= 0.6 is 0 Å². The smallest absolute Gasteiger partial charge is 0.147 e. The van der Waals surface area contributed by atoms with Gasteiger partial charge in [-0.05, 0) is 18.7 Å². The predicted octanol–water partition coefficient (Wildman–Crippen LogP) is 0.441. The maximum absolute atomic E-state index is 4.07. The van der Waals surface area contributed by atoms with Crippen LogP contribution in [0.3, 0.4) is 0 Å². The Labute approximate surface area is 88.2 Å².